The van der Waals surface area contributed by atoms with E-state index in [1.165, 1.54) is 5.56 Å². The molecule has 5 heteroatoms. The van der Waals surface area contributed by atoms with Gasteiger partial charge in [-0.25, -0.2) is 9.37 Å². The highest BCUT2D eigenvalue weighted by Gasteiger charge is 2.35. The first-order valence-electron chi connectivity index (χ1n) is 8.23. The van der Waals surface area contributed by atoms with Gasteiger partial charge in [0.15, 0.2) is 0 Å². The lowest BCUT2D eigenvalue weighted by atomic mass is 9.96. The van der Waals surface area contributed by atoms with E-state index in [4.69, 9.17) is 4.74 Å². The second-order valence-electron chi connectivity index (χ2n) is 7.82. The third-order valence-corrected chi connectivity index (χ3v) is 4.09. The molecule has 2 aromatic rings. The Kier molecular flexibility index (Phi) is 4.43. The molecule has 2 heterocycles. The maximum absolute atomic E-state index is 14.2. The minimum atomic E-state index is -0.927. The summed E-state index contributed by atoms with van der Waals surface area (Å²) in [5.41, 5.74) is 3.28. The topological polar surface area (TPSA) is 41.1 Å². The predicted octanol–water partition coefficient (Wildman–Crippen LogP) is 3.46. The van der Waals surface area contributed by atoms with Crippen molar-refractivity contribution < 1.29 is 9.13 Å². The van der Waals surface area contributed by atoms with Crippen molar-refractivity contribution in [2.75, 3.05) is 19.6 Å². The summed E-state index contributed by atoms with van der Waals surface area (Å²) in [6, 6.07) is 6.08. The summed E-state index contributed by atoms with van der Waals surface area (Å²) < 4.78 is 20.0. The van der Waals surface area contributed by atoms with Crippen molar-refractivity contribution in [2.24, 2.45) is 5.41 Å². The molecule has 1 saturated heterocycles. The summed E-state index contributed by atoms with van der Waals surface area (Å²) in [4.78, 5) is 9.90. The van der Waals surface area contributed by atoms with Gasteiger partial charge in [-0.15, -0.1) is 0 Å². The Morgan fingerprint density at radius 3 is 2.87 bits per heavy atom. The quantitative estimate of drug-likeness (QED) is 0.938. The lowest BCUT2D eigenvalue weighted by molar-refractivity contribution is 0.00816. The van der Waals surface area contributed by atoms with Gasteiger partial charge in [-0.05, 0) is 30.0 Å². The van der Waals surface area contributed by atoms with E-state index in [0.717, 1.165) is 23.4 Å². The zero-order valence-corrected chi connectivity index (χ0v) is 14.4. The molecular weight excluding hydrogens is 293 g/mol. The van der Waals surface area contributed by atoms with Crippen LogP contribution in [-0.4, -0.2) is 46.8 Å². The molecule has 0 radical (unpaired) electrons. The molecule has 1 aliphatic heterocycles. The molecule has 3 rings (SSSR count). The van der Waals surface area contributed by atoms with E-state index < -0.39 is 6.17 Å². The van der Waals surface area contributed by atoms with Gasteiger partial charge in [0.05, 0.1) is 11.0 Å². The lowest BCUT2D eigenvalue weighted by Gasteiger charge is -2.25. The molecule has 4 nitrogen and oxygen atoms in total. The molecule has 0 bridgehead atoms. The van der Waals surface area contributed by atoms with Crippen molar-refractivity contribution in [3.63, 3.8) is 0 Å². The summed E-state index contributed by atoms with van der Waals surface area (Å²) in [6.07, 6.45) is -1.30. The summed E-state index contributed by atoms with van der Waals surface area (Å²) in [5.74, 6) is 0.757. The van der Waals surface area contributed by atoms with E-state index in [1.807, 2.05) is 19.1 Å². The van der Waals surface area contributed by atoms with Crippen molar-refractivity contribution in [1.29, 1.82) is 0 Å². The van der Waals surface area contributed by atoms with E-state index in [2.05, 4.69) is 41.7 Å². The first kappa shape index (κ1) is 16.4. The van der Waals surface area contributed by atoms with Crippen molar-refractivity contribution in [3.8, 4) is 0 Å². The smallest absolute Gasteiger partial charge is 0.140 e. The van der Waals surface area contributed by atoms with Crippen LogP contribution in [0.1, 0.15) is 32.2 Å². The fraction of sp³-hybridized carbons (Fsp3) is 0.611. The highest BCUT2D eigenvalue weighted by Crippen LogP contribution is 2.23. The maximum Gasteiger partial charge on any atom is 0.140 e. The standard InChI is InChI=1S/C18H26FN3O/c1-12-5-6-14-15(7-12)21-17(20-14)10-23-16-9-22(8-13(16)19)11-18(2,3)4/h5-7,13,16H,8-11H2,1-4H3,(H,20,21)/t13-,16+/m1/s1. The number of aryl methyl sites for hydroxylation is 1. The van der Waals surface area contributed by atoms with E-state index in [1.54, 1.807) is 0 Å². The van der Waals surface area contributed by atoms with Gasteiger partial charge in [-0.3, -0.25) is 4.90 Å². The minimum Gasteiger partial charge on any atom is -0.366 e. The largest absolute Gasteiger partial charge is 0.366 e. The third-order valence-electron chi connectivity index (χ3n) is 4.09. The number of benzene rings is 1. The molecule has 1 fully saturated rings. The van der Waals surface area contributed by atoms with Gasteiger partial charge in [0.1, 0.15) is 24.7 Å². The average molecular weight is 319 g/mol. The Hall–Kier alpha value is -1.46. The molecule has 0 saturated carbocycles. The number of ether oxygens (including phenoxy) is 1. The average Bonchev–Trinajstić information content (AvgIpc) is 2.97. The molecular formula is C18H26FN3O. The Bertz CT molecular complexity index is 676. The van der Waals surface area contributed by atoms with Crippen LogP contribution in [0.15, 0.2) is 18.2 Å². The maximum atomic E-state index is 14.2. The second-order valence-corrected chi connectivity index (χ2v) is 7.82. The van der Waals surface area contributed by atoms with Crippen LogP contribution in [0, 0.1) is 12.3 Å². The Morgan fingerprint density at radius 2 is 2.13 bits per heavy atom. The van der Waals surface area contributed by atoms with Crippen LogP contribution in [0.25, 0.3) is 11.0 Å². The molecule has 0 unspecified atom stereocenters. The molecule has 23 heavy (non-hydrogen) atoms. The van der Waals surface area contributed by atoms with Gasteiger partial charge in [0, 0.05) is 19.6 Å². The van der Waals surface area contributed by atoms with Gasteiger partial charge in [0.2, 0.25) is 0 Å². The van der Waals surface area contributed by atoms with Crippen LogP contribution in [0.5, 0.6) is 0 Å². The first-order valence-corrected chi connectivity index (χ1v) is 8.23. The highest BCUT2D eigenvalue weighted by molar-refractivity contribution is 5.75. The van der Waals surface area contributed by atoms with Crippen LogP contribution in [0.3, 0.4) is 0 Å². The number of imidazole rings is 1. The van der Waals surface area contributed by atoms with Crippen molar-refractivity contribution >= 4 is 11.0 Å². The number of H-pyrrole nitrogens is 1. The van der Waals surface area contributed by atoms with Crippen LogP contribution >= 0.6 is 0 Å². The fourth-order valence-electron chi connectivity index (χ4n) is 3.20. The van der Waals surface area contributed by atoms with Gasteiger partial charge < -0.3 is 9.72 Å². The van der Waals surface area contributed by atoms with Crippen molar-refractivity contribution in [1.82, 2.24) is 14.9 Å². The number of aromatic amines is 1. The summed E-state index contributed by atoms with van der Waals surface area (Å²) in [5, 5.41) is 0. The number of nitrogens with zero attached hydrogens (tertiary/aromatic N) is 2. The van der Waals surface area contributed by atoms with E-state index in [9.17, 15) is 4.39 Å². The molecule has 2 atom stereocenters. The lowest BCUT2D eigenvalue weighted by Crippen LogP contribution is -2.31. The number of nitrogens with one attached hydrogen (secondary N) is 1. The van der Waals surface area contributed by atoms with Crippen LogP contribution in [0.4, 0.5) is 4.39 Å². The number of hydrogen-bond acceptors (Lipinski definition) is 3. The third kappa shape index (κ3) is 4.09. The van der Waals surface area contributed by atoms with E-state index in [-0.39, 0.29) is 11.5 Å². The molecule has 1 aromatic heterocycles. The predicted molar refractivity (Wildman–Crippen MR) is 90.2 cm³/mol. The normalized spacial score (nSPS) is 23.0. The number of rotatable bonds is 4. The second kappa shape index (κ2) is 6.21. The monoisotopic (exact) mass is 319 g/mol. The van der Waals surface area contributed by atoms with E-state index in [0.29, 0.717) is 19.7 Å². The zero-order chi connectivity index (χ0) is 16.6. The summed E-state index contributed by atoms with van der Waals surface area (Å²) in [6.45, 7) is 10.9. The number of aromatic nitrogens is 2. The molecule has 1 aliphatic rings. The number of fused-ring (bicyclic) bond motifs is 1. The Labute approximate surface area is 137 Å². The molecule has 0 aliphatic carbocycles. The number of hydrogen-bond donors (Lipinski definition) is 1. The van der Waals surface area contributed by atoms with Gasteiger partial charge in [0.25, 0.3) is 0 Å². The SMILES string of the molecule is Cc1ccc2nc(CO[C@H]3CN(CC(C)(C)C)C[C@H]3F)[nH]c2c1. The number of likely N-dealkylation sites (tertiary alicyclic amines) is 1. The zero-order valence-electron chi connectivity index (χ0n) is 14.4. The van der Waals surface area contributed by atoms with Crippen LogP contribution in [0.2, 0.25) is 0 Å². The van der Waals surface area contributed by atoms with Crippen molar-refractivity contribution in [2.45, 2.75) is 46.6 Å². The van der Waals surface area contributed by atoms with Crippen LogP contribution < -0.4 is 0 Å². The Morgan fingerprint density at radius 1 is 1.35 bits per heavy atom. The molecule has 0 spiro atoms. The summed E-state index contributed by atoms with van der Waals surface area (Å²) in [7, 11) is 0. The minimum absolute atomic E-state index is 0.172. The highest BCUT2D eigenvalue weighted by atomic mass is 19.1. The molecule has 126 valence electrons. The van der Waals surface area contributed by atoms with Gasteiger partial charge in [-0.2, -0.15) is 0 Å². The van der Waals surface area contributed by atoms with Gasteiger partial charge in [-0.1, -0.05) is 26.8 Å². The van der Waals surface area contributed by atoms with Crippen molar-refractivity contribution in [3.05, 3.63) is 29.6 Å². The molecule has 1 aromatic carbocycles. The van der Waals surface area contributed by atoms with Crippen LogP contribution in [-0.2, 0) is 11.3 Å². The fourth-order valence-corrected chi connectivity index (χ4v) is 3.20. The Balaban J connectivity index is 1.59. The summed E-state index contributed by atoms with van der Waals surface area (Å²) >= 11 is 0. The molecule has 0 amide bonds. The number of halogens is 1. The van der Waals surface area contributed by atoms with E-state index >= 15 is 0 Å². The number of alkyl halides is 1. The first-order chi connectivity index (χ1) is 10.8. The van der Waals surface area contributed by atoms with Gasteiger partial charge >= 0.3 is 0 Å². The molecule has 1 N–H and O–H groups in total.